The number of aryl methyl sites for hydroxylation is 2. The normalized spacial score (nSPS) is 11.1. The zero-order valence-electron chi connectivity index (χ0n) is 15.7. The third kappa shape index (κ3) is 3.60. The van der Waals surface area contributed by atoms with E-state index in [2.05, 4.69) is 9.97 Å². The maximum absolute atomic E-state index is 13.7. The summed E-state index contributed by atoms with van der Waals surface area (Å²) in [6.45, 7) is 4.35. The first kappa shape index (κ1) is 19.5. The lowest BCUT2D eigenvalue weighted by atomic mass is 10.2. The Bertz CT molecular complexity index is 1130. The molecule has 0 aliphatic heterocycles. The van der Waals surface area contributed by atoms with E-state index in [1.54, 1.807) is 4.57 Å². The highest BCUT2D eigenvalue weighted by Gasteiger charge is 2.19. The minimum Gasteiger partial charge on any atom is -0.454 e. The van der Waals surface area contributed by atoms with E-state index in [1.807, 2.05) is 13.8 Å². The number of nitrogens with zero attached hydrogens (tertiary/aromatic N) is 3. The summed E-state index contributed by atoms with van der Waals surface area (Å²) in [6, 6.07) is 5.51. The van der Waals surface area contributed by atoms with Gasteiger partial charge in [0.05, 0.1) is 5.56 Å². The second-order valence-electron chi connectivity index (χ2n) is 6.26. The molecule has 28 heavy (non-hydrogen) atoms. The van der Waals surface area contributed by atoms with Crippen molar-refractivity contribution in [2.75, 3.05) is 0 Å². The smallest absolute Gasteiger partial charge is 0.341 e. The average molecular weight is 388 g/mol. The van der Waals surface area contributed by atoms with E-state index >= 15 is 0 Å². The minimum absolute atomic E-state index is 0.181. The Labute approximate surface area is 159 Å². The van der Waals surface area contributed by atoms with Gasteiger partial charge in [-0.3, -0.25) is 14.3 Å². The van der Waals surface area contributed by atoms with Gasteiger partial charge in [-0.1, -0.05) is 25.5 Å². The summed E-state index contributed by atoms with van der Waals surface area (Å²) in [7, 11) is 0. The van der Waals surface area contributed by atoms with Crippen LogP contribution in [-0.4, -0.2) is 25.1 Å². The molecule has 0 fully saturated rings. The molecule has 0 aliphatic rings. The number of imidazole rings is 1. The van der Waals surface area contributed by atoms with Crippen molar-refractivity contribution in [1.29, 1.82) is 0 Å². The fourth-order valence-electron chi connectivity index (χ4n) is 3.03. The van der Waals surface area contributed by atoms with Crippen LogP contribution in [0.3, 0.4) is 0 Å². The van der Waals surface area contributed by atoms with E-state index < -0.39 is 23.0 Å². The van der Waals surface area contributed by atoms with Crippen molar-refractivity contribution in [3.63, 3.8) is 0 Å². The van der Waals surface area contributed by atoms with E-state index in [0.29, 0.717) is 18.9 Å². The molecule has 0 bridgehead atoms. The topological polar surface area (TPSA) is 99.0 Å². The number of unbranched alkanes of at least 4 members (excludes halogenated alkanes) is 1. The van der Waals surface area contributed by atoms with Crippen molar-refractivity contribution in [2.45, 2.75) is 46.4 Å². The predicted octanol–water partition coefficient (Wildman–Crippen LogP) is 2.20. The van der Waals surface area contributed by atoms with Crippen LogP contribution in [0.1, 0.15) is 42.9 Å². The van der Waals surface area contributed by atoms with Crippen LogP contribution >= 0.6 is 0 Å². The SMILES string of the molecule is CCCCn1c(=O)[nH]c(=O)c2c1nc(COC(=O)c1ccccc1F)n2CC. The first-order valence-corrected chi connectivity index (χ1v) is 9.11. The van der Waals surface area contributed by atoms with Crippen LogP contribution in [0.25, 0.3) is 11.2 Å². The van der Waals surface area contributed by atoms with Crippen LogP contribution in [0, 0.1) is 5.82 Å². The lowest BCUT2D eigenvalue weighted by Crippen LogP contribution is -2.31. The summed E-state index contributed by atoms with van der Waals surface area (Å²) < 4.78 is 21.9. The number of aromatic amines is 1. The van der Waals surface area contributed by atoms with Crippen LogP contribution < -0.4 is 11.2 Å². The van der Waals surface area contributed by atoms with Gasteiger partial charge in [0.15, 0.2) is 11.2 Å². The Morgan fingerprint density at radius 2 is 1.96 bits per heavy atom. The Morgan fingerprint density at radius 3 is 2.64 bits per heavy atom. The lowest BCUT2D eigenvalue weighted by Gasteiger charge is -2.07. The van der Waals surface area contributed by atoms with Crippen molar-refractivity contribution < 1.29 is 13.9 Å². The van der Waals surface area contributed by atoms with E-state index in [9.17, 15) is 18.8 Å². The number of H-pyrrole nitrogens is 1. The molecule has 9 heteroatoms. The number of hydrogen-bond acceptors (Lipinski definition) is 5. The quantitative estimate of drug-likeness (QED) is 0.626. The fraction of sp³-hybridized carbons (Fsp3) is 0.368. The standard InChI is InChI=1S/C19H21FN4O4/c1-3-5-10-24-16-15(17(25)22-19(24)27)23(4-2)14(21-16)11-28-18(26)12-8-6-7-9-13(12)20/h6-9H,3-5,10-11H2,1-2H3,(H,22,25,27). The number of esters is 1. The van der Waals surface area contributed by atoms with Gasteiger partial charge >= 0.3 is 11.7 Å². The number of ether oxygens (including phenoxy) is 1. The van der Waals surface area contributed by atoms with Gasteiger partial charge in [-0.2, -0.15) is 0 Å². The highest BCUT2D eigenvalue weighted by molar-refractivity contribution is 5.89. The number of rotatable bonds is 7. The van der Waals surface area contributed by atoms with E-state index in [-0.39, 0.29) is 23.3 Å². The number of carbonyl (C=O) groups is 1. The van der Waals surface area contributed by atoms with Crippen molar-refractivity contribution in [2.24, 2.45) is 0 Å². The largest absolute Gasteiger partial charge is 0.454 e. The molecule has 2 heterocycles. The fourth-order valence-corrected chi connectivity index (χ4v) is 3.03. The van der Waals surface area contributed by atoms with Crippen molar-refractivity contribution in [3.8, 4) is 0 Å². The first-order chi connectivity index (χ1) is 13.5. The molecule has 2 aromatic heterocycles. The highest BCUT2D eigenvalue weighted by atomic mass is 19.1. The molecular formula is C19H21FN4O4. The van der Waals surface area contributed by atoms with E-state index in [0.717, 1.165) is 12.8 Å². The first-order valence-electron chi connectivity index (χ1n) is 9.11. The lowest BCUT2D eigenvalue weighted by molar-refractivity contribution is 0.0453. The number of fused-ring (bicyclic) bond motifs is 1. The molecule has 0 aliphatic carbocycles. The second-order valence-corrected chi connectivity index (χ2v) is 6.26. The highest BCUT2D eigenvalue weighted by Crippen LogP contribution is 2.15. The molecular weight excluding hydrogens is 367 g/mol. The minimum atomic E-state index is -0.829. The zero-order chi connectivity index (χ0) is 20.3. The third-order valence-electron chi connectivity index (χ3n) is 4.44. The number of hydrogen-bond donors (Lipinski definition) is 1. The molecule has 1 aromatic carbocycles. The monoisotopic (exact) mass is 388 g/mol. The third-order valence-corrected chi connectivity index (χ3v) is 4.44. The number of benzene rings is 1. The van der Waals surface area contributed by atoms with Gasteiger partial charge in [0.25, 0.3) is 5.56 Å². The number of aromatic nitrogens is 4. The van der Waals surface area contributed by atoms with Gasteiger partial charge in [-0.15, -0.1) is 0 Å². The van der Waals surface area contributed by atoms with E-state index in [4.69, 9.17) is 4.74 Å². The van der Waals surface area contributed by atoms with Crippen LogP contribution in [0.2, 0.25) is 0 Å². The van der Waals surface area contributed by atoms with Crippen LogP contribution in [0.15, 0.2) is 33.9 Å². The predicted molar refractivity (Wildman–Crippen MR) is 101 cm³/mol. The maximum Gasteiger partial charge on any atom is 0.341 e. The van der Waals surface area contributed by atoms with E-state index in [1.165, 1.54) is 28.8 Å². The molecule has 0 amide bonds. The maximum atomic E-state index is 13.7. The summed E-state index contributed by atoms with van der Waals surface area (Å²) >= 11 is 0. The molecule has 0 atom stereocenters. The molecule has 8 nitrogen and oxygen atoms in total. The molecule has 3 rings (SSSR count). The molecule has 0 unspecified atom stereocenters. The molecule has 0 saturated heterocycles. The van der Waals surface area contributed by atoms with Crippen molar-refractivity contribution in [3.05, 3.63) is 62.3 Å². The Balaban J connectivity index is 1.98. The Kier molecular flexibility index (Phi) is 5.72. The molecule has 1 N–H and O–H groups in total. The summed E-state index contributed by atoms with van der Waals surface area (Å²) in [4.78, 5) is 43.4. The van der Waals surface area contributed by atoms with Crippen molar-refractivity contribution in [1.82, 2.24) is 19.1 Å². The molecule has 148 valence electrons. The molecule has 0 spiro atoms. The molecule has 3 aromatic rings. The Hall–Kier alpha value is -3.23. The van der Waals surface area contributed by atoms with Crippen LogP contribution in [0.5, 0.6) is 0 Å². The van der Waals surface area contributed by atoms with Crippen molar-refractivity contribution >= 4 is 17.1 Å². The summed E-state index contributed by atoms with van der Waals surface area (Å²) in [5.74, 6) is -1.20. The summed E-state index contributed by atoms with van der Waals surface area (Å²) in [5.41, 5.74) is -0.758. The molecule has 0 radical (unpaired) electrons. The number of halogens is 1. The average Bonchev–Trinajstić information content (AvgIpc) is 3.05. The zero-order valence-corrected chi connectivity index (χ0v) is 15.7. The summed E-state index contributed by atoms with van der Waals surface area (Å²) in [5, 5.41) is 0. The van der Waals surface area contributed by atoms with Gasteiger partial charge in [0, 0.05) is 13.1 Å². The van der Waals surface area contributed by atoms with Crippen LogP contribution in [0.4, 0.5) is 4.39 Å². The van der Waals surface area contributed by atoms with Gasteiger partial charge in [0.1, 0.15) is 18.2 Å². The summed E-state index contributed by atoms with van der Waals surface area (Å²) in [6.07, 6.45) is 1.62. The number of nitrogens with one attached hydrogen (secondary N) is 1. The van der Waals surface area contributed by atoms with Crippen LogP contribution in [-0.2, 0) is 24.4 Å². The Morgan fingerprint density at radius 1 is 1.21 bits per heavy atom. The molecule has 0 saturated carbocycles. The second kappa shape index (κ2) is 8.20. The van der Waals surface area contributed by atoms with Gasteiger partial charge in [-0.05, 0) is 25.5 Å². The van der Waals surface area contributed by atoms with Gasteiger partial charge < -0.3 is 9.30 Å². The number of carbonyl (C=O) groups excluding carboxylic acids is 1. The van der Waals surface area contributed by atoms with Gasteiger partial charge in [-0.25, -0.2) is 19.0 Å². The van der Waals surface area contributed by atoms with Gasteiger partial charge in [0.2, 0.25) is 0 Å².